The Bertz CT molecular complexity index is 902. The second kappa shape index (κ2) is 17.1. The monoisotopic (exact) mass is 613 g/mol. The highest BCUT2D eigenvalue weighted by Gasteiger charge is 2.49. The molecule has 1 aromatic carbocycles. The van der Waals surface area contributed by atoms with Crippen LogP contribution in [0.2, 0.25) is 0 Å². The van der Waals surface area contributed by atoms with E-state index < -0.39 is 53.1 Å². The Morgan fingerprint density at radius 3 is 2.46 bits per heavy atom. The standard InChI is InChI=1S/C25H34Cl3NO10/c1-16(30)38-22-20(29-24(33)37-15-25(26,27)28)23(36-12-8-4-7-11-19(31)34-2)39-18(21(22)32)14-35-13-17-9-5-3-6-10-17/h3,5-6,9-10,18,20-23,32H,4,7-8,11-15H2,1-2H3,(H,29,33)/t18-,20-,21-,22-,23-/m1/s1. The van der Waals surface area contributed by atoms with Crippen molar-refractivity contribution in [2.45, 2.75) is 73.7 Å². The number of ether oxygens (including phenoxy) is 6. The minimum absolute atomic E-state index is 0.0583. The van der Waals surface area contributed by atoms with Crippen LogP contribution in [0, 0.1) is 0 Å². The Morgan fingerprint density at radius 2 is 1.82 bits per heavy atom. The van der Waals surface area contributed by atoms with Crippen LogP contribution in [0.4, 0.5) is 4.79 Å². The number of hydrogen-bond donors (Lipinski definition) is 2. The van der Waals surface area contributed by atoms with Gasteiger partial charge < -0.3 is 38.8 Å². The van der Waals surface area contributed by atoms with Crippen LogP contribution in [0.25, 0.3) is 0 Å². The molecular formula is C25H34Cl3NO10. The maximum atomic E-state index is 12.4. The third-order valence-electron chi connectivity index (χ3n) is 5.56. The van der Waals surface area contributed by atoms with E-state index >= 15 is 0 Å². The van der Waals surface area contributed by atoms with E-state index in [1.54, 1.807) is 0 Å². The van der Waals surface area contributed by atoms with Crippen molar-refractivity contribution in [3.63, 3.8) is 0 Å². The van der Waals surface area contributed by atoms with Crippen LogP contribution < -0.4 is 5.32 Å². The van der Waals surface area contributed by atoms with Gasteiger partial charge in [0.15, 0.2) is 12.4 Å². The van der Waals surface area contributed by atoms with Gasteiger partial charge in [-0.3, -0.25) is 9.59 Å². The summed E-state index contributed by atoms with van der Waals surface area (Å²) in [4.78, 5) is 35.6. The number of methoxy groups -OCH3 is 1. The average molecular weight is 615 g/mol. The van der Waals surface area contributed by atoms with Crippen LogP contribution in [-0.2, 0) is 44.6 Å². The summed E-state index contributed by atoms with van der Waals surface area (Å²) in [5, 5.41) is 13.5. The Morgan fingerprint density at radius 1 is 1.10 bits per heavy atom. The molecule has 1 aromatic rings. The molecule has 220 valence electrons. The molecule has 1 fully saturated rings. The smallest absolute Gasteiger partial charge is 0.407 e. The van der Waals surface area contributed by atoms with Gasteiger partial charge in [0.2, 0.25) is 3.79 Å². The molecule has 0 spiro atoms. The van der Waals surface area contributed by atoms with Gasteiger partial charge in [0, 0.05) is 20.0 Å². The van der Waals surface area contributed by atoms with Gasteiger partial charge in [-0.1, -0.05) is 71.6 Å². The quantitative estimate of drug-likeness (QED) is 0.139. The Hall–Kier alpha value is -1.86. The first-order chi connectivity index (χ1) is 18.5. The van der Waals surface area contributed by atoms with E-state index in [0.29, 0.717) is 19.3 Å². The van der Waals surface area contributed by atoms with Gasteiger partial charge in [-0.2, -0.15) is 0 Å². The third kappa shape index (κ3) is 12.9. The predicted molar refractivity (Wildman–Crippen MR) is 141 cm³/mol. The van der Waals surface area contributed by atoms with E-state index in [1.165, 1.54) is 14.0 Å². The summed E-state index contributed by atoms with van der Waals surface area (Å²) < 4.78 is 30.6. The van der Waals surface area contributed by atoms with Crippen LogP contribution in [0.1, 0.15) is 38.2 Å². The minimum atomic E-state index is -1.85. The first-order valence-corrected chi connectivity index (χ1v) is 13.4. The molecule has 0 saturated carbocycles. The number of benzene rings is 1. The number of hydrogen-bond acceptors (Lipinski definition) is 10. The van der Waals surface area contributed by atoms with Crippen molar-refractivity contribution in [3.05, 3.63) is 35.9 Å². The number of aliphatic hydroxyl groups is 1. The topological polar surface area (TPSA) is 139 Å². The number of alkyl halides is 3. The number of alkyl carbamates (subject to hydrolysis) is 1. The molecule has 2 N–H and O–H groups in total. The Balaban J connectivity index is 2.10. The van der Waals surface area contributed by atoms with Crippen molar-refractivity contribution in [3.8, 4) is 0 Å². The lowest BCUT2D eigenvalue weighted by molar-refractivity contribution is -0.275. The first-order valence-electron chi connectivity index (χ1n) is 12.3. The third-order valence-corrected chi connectivity index (χ3v) is 5.88. The molecule has 0 bridgehead atoms. The van der Waals surface area contributed by atoms with E-state index in [-0.39, 0.29) is 32.2 Å². The normalized spacial score (nSPS) is 23.1. The van der Waals surface area contributed by atoms with Crippen LogP contribution >= 0.6 is 34.8 Å². The molecule has 0 radical (unpaired) electrons. The fraction of sp³-hybridized carbons (Fsp3) is 0.640. The lowest BCUT2D eigenvalue weighted by Gasteiger charge is -2.43. The number of amides is 1. The van der Waals surface area contributed by atoms with Gasteiger partial charge >= 0.3 is 18.0 Å². The van der Waals surface area contributed by atoms with E-state index in [2.05, 4.69) is 10.1 Å². The maximum Gasteiger partial charge on any atom is 0.407 e. The second-order valence-corrected chi connectivity index (χ2v) is 11.2. The number of aliphatic hydroxyl groups excluding tert-OH is 1. The van der Waals surface area contributed by atoms with Crippen molar-refractivity contribution in [2.24, 2.45) is 0 Å². The lowest BCUT2D eigenvalue weighted by atomic mass is 9.96. The number of esters is 2. The van der Waals surface area contributed by atoms with Crippen molar-refractivity contribution in [1.29, 1.82) is 0 Å². The SMILES string of the molecule is COC(=O)CCCCCO[C@@H]1O[C@H](COCc2ccccc2)[C@@H](O)[C@H](OC(C)=O)[C@H]1NC(=O)OCC(Cl)(Cl)Cl. The fourth-order valence-corrected chi connectivity index (χ4v) is 3.89. The Kier molecular flexibility index (Phi) is 14.6. The molecule has 0 aromatic heterocycles. The van der Waals surface area contributed by atoms with Crippen LogP contribution in [-0.4, -0.2) is 84.5 Å². The van der Waals surface area contributed by atoms with Gasteiger partial charge in [-0.15, -0.1) is 0 Å². The molecule has 0 aliphatic carbocycles. The highest BCUT2D eigenvalue weighted by molar-refractivity contribution is 6.67. The summed E-state index contributed by atoms with van der Waals surface area (Å²) in [6.07, 6.45) is -3.71. The van der Waals surface area contributed by atoms with Gasteiger partial charge in [0.05, 0.1) is 20.3 Å². The molecule has 1 aliphatic heterocycles. The van der Waals surface area contributed by atoms with Crippen molar-refractivity contribution in [1.82, 2.24) is 5.32 Å². The van der Waals surface area contributed by atoms with Gasteiger partial charge in [0.25, 0.3) is 0 Å². The predicted octanol–water partition coefficient (Wildman–Crippen LogP) is 3.44. The van der Waals surface area contributed by atoms with Crippen LogP contribution in [0.5, 0.6) is 0 Å². The molecule has 0 unspecified atom stereocenters. The summed E-state index contributed by atoms with van der Waals surface area (Å²) in [6.45, 7) is 0.978. The molecule has 39 heavy (non-hydrogen) atoms. The zero-order chi connectivity index (χ0) is 28.8. The van der Waals surface area contributed by atoms with E-state index in [1.807, 2.05) is 30.3 Å². The average Bonchev–Trinajstić information content (AvgIpc) is 2.88. The van der Waals surface area contributed by atoms with Crippen molar-refractivity contribution in [2.75, 3.05) is 26.9 Å². The fourth-order valence-electron chi connectivity index (χ4n) is 3.72. The highest BCUT2D eigenvalue weighted by Crippen LogP contribution is 2.28. The number of carbonyl (C=O) groups is 3. The van der Waals surface area contributed by atoms with E-state index in [4.69, 9.17) is 58.5 Å². The number of rotatable bonds is 14. The second-order valence-electron chi connectivity index (χ2n) is 8.73. The number of unbranched alkanes of at least 4 members (excludes halogenated alkanes) is 2. The summed E-state index contributed by atoms with van der Waals surface area (Å²) in [6, 6.07) is 8.21. The first kappa shape index (κ1) is 33.3. The van der Waals surface area contributed by atoms with Gasteiger partial charge in [-0.25, -0.2) is 4.79 Å². The lowest BCUT2D eigenvalue weighted by Crippen LogP contribution is -2.66. The Labute approximate surface area is 242 Å². The van der Waals surface area contributed by atoms with Crippen LogP contribution in [0.15, 0.2) is 30.3 Å². The minimum Gasteiger partial charge on any atom is -0.469 e. The zero-order valence-electron chi connectivity index (χ0n) is 21.7. The van der Waals surface area contributed by atoms with E-state index in [0.717, 1.165) is 5.56 Å². The molecule has 1 saturated heterocycles. The number of nitrogens with one attached hydrogen (secondary N) is 1. The molecule has 11 nitrogen and oxygen atoms in total. The number of carbonyl (C=O) groups excluding carboxylic acids is 3. The molecule has 14 heteroatoms. The molecule has 1 amide bonds. The van der Waals surface area contributed by atoms with Gasteiger partial charge in [-0.05, 0) is 18.4 Å². The number of halogens is 3. The van der Waals surface area contributed by atoms with Crippen molar-refractivity contribution < 1.29 is 47.9 Å². The summed E-state index contributed by atoms with van der Waals surface area (Å²) in [7, 11) is 1.32. The molecule has 1 aliphatic rings. The maximum absolute atomic E-state index is 12.4. The molecule has 5 atom stereocenters. The molecular weight excluding hydrogens is 581 g/mol. The van der Waals surface area contributed by atoms with Gasteiger partial charge in [0.1, 0.15) is 24.9 Å². The van der Waals surface area contributed by atoms with Crippen LogP contribution in [0.3, 0.4) is 0 Å². The molecule has 1 heterocycles. The summed E-state index contributed by atoms with van der Waals surface area (Å²) in [5.74, 6) is -1.01. The van der Waals surface area contributed by atoms with E-state index in [9.17, 15) is 19.5 Å². The summed E-state index contributed by atoms with van der Waals surface area (Å²) in [5.41, 5.74) is 0.912. The summed E-state index contributed by atoms with van der Waals surface area (Å²) >= 11 is 16.9. The zero-order valence-corrected chi connectivity index (χ0v) is 24.0. The largest absolute Gasteiger partial charge is 0.469 e. The van der Waals surface area contributed by atoms with Crippen molar-refractivity contribution >= 4 is 52.8 Å². The highest BCUT2D eigenvalue weighted by atomic mass is 35.6. The molecule has 2 rings (SSSR count).